The van der Waals surface area contributed by atoms with Crippen molar-refractivity contribution in [2.45, 2.75) is 105 Å². The second-order valence-corrected chi connectivity index (χ2v) is 12.9. The molecule has 3 heteroatoms. The third-order valence-electron chi connectivity index (χ3n) is 7.43. The fraction of sp³-hybridized carbons (Fsp3) is 0.688. The smallest absolute Gasteiger partial charge is 0.197 e. The van der Waals surface area contributed by atoms with Crippen molar-refractivity contribution in [3.05, 3.63) is 54.1 Å². The molecule has 3 rings (SSSR count). The predicted octanol–water partition coefficient (Wildman–Crippen LogP) is 8.70. The molecule has 0 radical (unpaired) electrons. The molecule has 2 aliphatic carbocycles. The van der Waals surface area contributed by atoms with Crippen LogP contribution in [0.1, 0.15) is 98.5 Å². The van der Waals surface area contributed by atoms with Gasteiger partial charge in [0.1, 0.15) is 5.75 Å². The van der Waals surface area contributed by atoms with Gasteiger partial charge in [0.15, 0.2) is 6.29 Å². The van der Waals surface area contributed by atoms with Crippen molar-refractivity contribution in [3.63, 3.8) is 0 Å². The first-order chi connectivity index (χ1) is 16.5. The Morgan fingerprint density at radius 2 is 1.46 bits per heavy atom. The van der Waals surface area contributed by atoms with Crippen LogP contribution in [0.5, 0.6) is 5.75 Å². The van der Waals surface area contributed by atoms with Crippen molar-refractivity contribution in [2.24, 2.45) is 22.7 Å². The lowest BCUT2D eigenvalue weighted by Gasteiger charge is -2.36. The van der Waals surface area contributed by atoms with Gasteiger partial charge in [-0.25, -0.2) is 0 Å². The second-order valence-electron chi connectivity index (χ2n) is 12.9. The molecular formula is C32H50O3. The average molecular weight is 483 g/mol. The van der Waals surface area contributed by atoms with E-state index in [1.165, 1.54) is 37.7 Å². The minimum Gasteiger partial charge on any atom is -0.465 e. The second kappa shape index (κ2) is 12.6. The van der Waals surface area contributed by atoms with Crippen LogP contribution in [-0.2, 0) is 9.47 Å². The first kappa shape index (κ1) is 28.0. The van der Waals surface area contributed by atoms with Crippen LogP contribution < -0.4 is 4.74 Å². The Morgan fingerprint density at radius 1 is 0.829 bits per heavy atom. The van der Waals surface area contributed by atoms with Crippen molar-refractivity contribution in [3.8, 4) is 5.75 Å². The van der Waals surface area contributed by atoms with Gasteiger partial charge in [-0.3, -0.25) is 0 Å². The lowest BCUT2D eigenvalue weighted by Crippen LogP contribution is -2.24. The van der Waals surface area contributed by atoms with E-state index in [-0.39, 0.29) is 23.2 Å². The summed E-state index contributed by atoms with van der Waals surface area (Å²) in [4.78, 5) is 0. The zero-order valence-electron chi connectivity index (χ0n) is 23.4. The number of allylic oxidation sites excluding steroid dienone is 2. The lowest BCUT2D eigenvalue weighted by atomic mass is 9.69. The van der Waals surface area contributed by atoms with Gasteiger partial charge in [0, 0.05) is 0 Å². The highest BCUT2D eigenvalue weighted by Crippen LogP contribution is 2.43. The highest BCUT2D eigenvalue weighted by Gasteiger charge is 2.30. The summed E-state index contributed by atoms with van der Waals surface area (Å²) in [5.41, 5.74) is 1.88. The normalized spacial score (nSPS) is 23.3. The van der Waals surface area contributed by atoms with Crippen LogP contribution in [0.15, 0.2) is 48.6 Å². The predicted molar refractivity (Wildman–Crippen MR) is 147 cm³/mol. The zero-order valence-corrected chi connectivity index (χ0v) is 23.4. The van der Waals surface area contributed by atoms with E-state index in [1.807, 2.05) is 6.92 Å². The molecule has 0 amide bonds. The van der Waals surface area contributed by atoms with Gasteiger partial charge in [-0.05, 0) is 72.5 Å². The Morgan fingerprint density at radius 3 is 2.03 bits per heavy atom. The number of ether oxygens (including phenoxy) is 3. The molecule has 3 nitrogen and oxygen atoms in total. The van der Waals surface area contributed by atoms with Gasteiger partial charge in [0.2, 0.25) is 0 Å². The summed E-state index contributed by atoms with van der Waals surface area (Å²) in [6.45, 7) is 17.0. The molecule has 2 aliphatic rings. The van der Waals surface area contributed by atoms with Crippen molar-refractivity contribution < 1.29 is 14.2 Å². The first-order valence-electron chi connectivity index (χ1n) is 13.9. The number of benzene rings is 1. The largest absolute Gasteiger partial charge is 0.465 e. The van der Waals surface area contributed by atoms with Crippen LogP contribution in [0, 0.1) is 22.7 Å². The summed E-state index contributed by atoms with van der Waals surface area (Å²) in [5, 5.41) is 0. The molecule has 0 heterocycles. The van der Waals surface area contributed by atoms with E-state index in [9.17, 15) is 0 Å². The van der Waals surface area contributed by atoms with Gasteiger partial charge in [-0.15, -0.1) is 0 Å². The molecule has 1 fully saturated rings. The van der Waals surface area contributed by atoms with E-state index in [2.05, 4.69) is 90.1 Å². The summed E-state index contributed by atoms with van der Waals surface area (Å²) >= 11 is 0. The first-order valence-corrected chi connectivity index (χ1v) is 13.9. The molecule has 0 saturated heterocycles. The summed E-state index contributed by atoms with van der Waals surface area (Å²) in [6.07, 6.45) is 16.9. The van der Waals surface area contributed by atoms with Gasteiger partial charge in [-0.2, -0.15) is 0 Å². The number of rotatable bonds is 10. The van der Waals surface area contributed by atoms with Crippen LogP contribution in [0.4, 0.5) is 0 Å². The molecule has 0 spiro atoms. The maximum absolute atomic E-state index is 6.00. The minimum absolute atomic E-state index is 0.0612. The van der Waals surface area contributed by atoms with Gasteiger partial charge >= 0.3 is 0 Å². The molecule has 0 N–H and O–H groups in total. The number of hydrogen-bond donors (Lipinski definition) is 0. The molecular weight excluding hydrogens is 432 g/mol. The van der Waals surface area contributed by atoms with Crippen molar-refractivity contribution in [1.29, 1.82) is 0 Å². The minimum atomic E-state index is -0.314. The molecule has 196 valence electrons. The van der Waals surface area contributed by atoms with Crippen LogP contribution >= 0.6 is 0 Å². The Labute approximate surface area is 215 Å². The Kier molecular flexibility index (Phi) is 10.1. The zero-order chi connectivity index (χ0) is 25.5. The molecule has 0 aliphatic heterocycles. The Hall–Kier alpha value is -1.58. The fourth-order valence-electron chi connectivity index (χ4n) is 5.49. The van der Waals surface area contributed by atoms with E-state index in [0.29, 0.717) is 25.0 Å². The van der Waals surface area contributed by atoms with Crippen molar-refractivity contribution in [1.82, 2.24) is 0 Å². The van der Waals surface area contributed by atoms with Gasteiger partial charge in [0.05, 0.1) is 19.3 Å². The van der Waals surface area contributed by atoms with E-state index < -0.39 is 0 Å². The summed E-state index contributed by atoms with van der Waals surface area (Å²) in [6, 6.07) is 8.59. The van der Waals surface area contributed by atoms with Gasteiger partial charge in [0.25, 0.3) is 0 Å². The van der Waals surface area contributed by atoms with Gasteiger partial charge < -0.3 is 14.2 Å². The summed E-state index contributed by atoms with van der Waals surface area (Å²) in [5.74, 6) is 2.77. The van der Waals surface area contributed by atoms with E-state index in [0.717, 1.165) is 18.1 Å². The molecule has 35 heavy (non-hydrogen) atoms. The molecule has 0 aromatic heterocycles. The molecule has 1 saturated carbocycles. The molecule has 0 bridgehead atoms. The van der Waals surface area contributed by atoms with Crippen LogP contribution in [0.2, 0.25) is 0 Å². The lowest BCUT2D eigenvalue weighted by molar-refractivity contribution is -0.0853. The fourth-order valence-corrected chi connectivity index (χ4v) is 5.49. The van der Waals surface area contributed by atoms with Crippen LogP contribution in [-0.4, -0.2) is 25.6 Å². The van der Waals surface area contributed by atoms with E-state index >= 15 is 0 Å². The Bertz CT molecular complexity index is 789. The number of hydrogen-bond acceptors (Lipinski definition) is 3. The van der Waals surface area contributed by atoms with Crippen LogP contribution in [0.3, 0.4) is 0 Å². The molecule has 2 atom stereocenters. The highest BCUT2D eigenvalue weighted by atomic mass is 16.7. The Balaban J connectivity index is 1.38. The summed E-state index contributed by atoms with van der Waals surface area (Å²) in [7, 11) is 0. The molecule has 1 aromatic rings. The average Bonchev–Trinajstić information content (AvgIpc) is 2.81. The maximum Gasteiger partial charge on any atom is 0.197 e. The highest BCUT2D eigenvalue weighted by molar-refractivity contribution is 5.30. The molecule has 1 aromatic carbocycles. The van der Waals surface area contributed by atoms with Crippen molar-refractivity contribution in [2.75, 3.05) is 13.2 Å². The summed E-state index contributed by atoms with van der Waals surface area (Å²) < 4.78 is 17.8. The standard InChI is InChI=1S/C32H50O3/c1-24(33-21-22-34-28-17-13-26(14-18-28)25-11-9-8-10-12-25)35-29-19-15-27(16-20-29)30(32(5,6)7)23-31(2,3)4/h13-20,24-26,28,30H,8-12,21-23H2,1-7H3. The monoisotopic (exact) mass is 482 g/mol. The molecule has 2 unspecified atom stereocenters. The SMILES string of the molecule is CC(OCCOC1C=CC(C2CCCCC2)C=C1)Oc1ccc(C(CC(C)(C)C)C(C)(C)C)cc1. The van der Waals surface area contributed by atoms with Crippen LogP contribution in [0.25, 0.3) is 0 Å². The van der Waals surface area contributed by atoms with E-state index in [1.54, 1.807) is 0 Å². The third kappa shape index (κ3) is 9.42. The van der Waals surface area contributed by atoms with E-state index in [4.69, 9.17) is 14.2 Å². The maximum atomic E-state index is 6.00. The quantitative estimate of drug-likeness (QED) is 0.190. The third-order valence-corrected chi connectivity index (χ3v) is 7.43. The topological polar surface area (TPSA) is 27.7 Å². The van der Waals surface area contributed by atoms with Crippen molar-refractivity contribution >= 4 is 0 Å². The van der Waals surface area contributed by atoms with Gasteiger partial charge in [-0.1, -0.05) is 97.2 Å².